The molecule has 11 nitrogen and oxygen atoms in total. The number of carbonyl (C=O) groups is 2. The number of aromatic amines is 2. The highest BCUT2D eigenvalue weighted by molar-refractivity contribution is 6.08. The fourth-order valence-electron chi connectivity index (χ4n) is 7.54. The summed E-state index contributed by atoms with van der Waals surface area (Å²) >= 11 is 0. The van der Waals surface area contributed by atoms with Crippen molar-refractivity contribution in [1.82, 2.24) is 25.1 Å². The lowest BCUT2D eigenvalue weighted by Gasteiger charge is -2.28. The van der Waals surface area contributed by atoms with Crippen LogP contribution in [-0.2, 0) is 12.8 Å². The van der Waals surface area contributed by atoms with Gasteiger partial charge in [0.15, 0.2) is 23.1 Å². The number of H-pyrrole nitrogens is 2. The van der Waals surface area contributed by atoms with Crippen LogP contribution in [0.5, 0.6) is 11.5 Å². The monoisotopic (exact) mass is 723 g/mol. The molecular formula is C43H45N7O4. The standard InChI is InChI=1S/C23H25N3O3.C20H20N4O/c1-23(2)12-16-19(17(27)13-23)21(20(26-16)14-8-10-24-11-9-14)25-15-6-5-7-18(28-3)22(15)29-4;1-20(2)10-15-17(16(25)11-20)19(23-14-6-4-3-5-7-14)18(24-15)13-8-9-21-22-12-13/h5-11,25-26H,12-13H2,1-4H3;3-9,12,23-24H,10-11H2,1-2H3. The quantitative estimate of drug-likeness (QED) is 0.121. The number of anilines is 4. The molecule has 4 N–H and O–H groups in total. The third-order valence-electron chi connectivity index (χ3n) is 9.85. The molecule has 0 fully saturated rings. The minimum atomic E-state index is -0.0740. The van der Waals surface area contributed by atoms with Crippen LogP contribution < -0.4 is 20.1 Å². The first-order chi connectivity index (χ1) is 26.0. The molecule has 0 radical (unpaired) electrons. The number of pyridine rings is 1. The van der Waals surface area contributed by atoms with Crippen molar-refractivity contribution in [2.45, 2.75) is 53.4 Å². The van der Waals surface area contributed by atoms with E-state index >= 15 is 0 Å². The molecule has 11 heteroatoms. The van der Waals surface area contributed by atoms with Gasteiger partial charge in [-0.1, -0.05) is 52.0 Å². The summed E-state index contributed by atoms with van der Waals surface area (Å²) in [5.41, 5.74) is 10.2. The van der Waals surface area contributed by atoms with Crippen molar-refractivity contribution in [3.05, 3.63) is 114 Å². The van der Waals surface area contributed by atoms with Crippen LogP contribution in [0.4, 0.5) is 22.7 Å². The van der Waals surface area contributed by atoms with Crippen LogP contribution in [0.15, 0.2) is 91.5 Å². The van der Waals surface area contributed by atoms with E-state index in [4.69, 9.17) is 9.47 Å². The molecule has 4 heterocycles. The molecule has 0 amide bonds. The number of methoxy groups -OCH3 is 2. The van der Waals surface area contributed by atoms with Crippen LogP contribution in [0.25, 0.3) is 22.5 Å². The fraction of sp³-hybridized carbons (Fsp3) is 0.279. The van der Waals surface area contributed by atoms with Crippen molar-refractivity contribution >= 4 is 34.3 Å². The summed E-state index contributed by atoms with van der Waals surface area (Å²) in [6.07, 6.45) is 9.58. The molecule has 0 bridgehead atoms. The highest BCUT2D eigenvalue weighted by Crippen LogP contribution is 2.46. The Labute approximate surface area is 315 Å². The average Bonchev–Trinajstić information content (AvgIpc) is 3.69. The van der Waals surface area contributed by atoms with E-state index in [-0.39, 0.29) is 22.4 Å². The molecule has 54 heavy (non-hydrogen) atoms. The normalized spacial score (nSPS) is 15.3. The zero-order valence-electron chi connectivity index (χ0n) is 31.5. The molecule has 0 saturated heterocycles. The van der Waals surface area contributed by atoms with Gasteiger partial charge in [0.25, 0.3) is 0 Å². The lowest BCUT2D eigenvalue weighted by atomic mass is 9.76. The Morgan fingerprint density at radius 1 is 0.630 bits per heavy atom. The number of rotatable bonds is 8. The maximum atomic E-state index is 13.1. The largest absolute Gasteiger partial charge is 0.493 e. The Kier molecular flexibility index (Phi) is 9.81. The Balaban J connectivity index is 0.000000168. The molecular weight excluding hydrogens is 679 g/mol. The second-order valence-corrected chi connectivity index (χ2v) is 15.4. The van der Waals surface area contributed by atoms with Gasteiger partial charge in [-0.15, -0.1) is 0 Å². The van der Waals surface area contributed by atoms with E-state index in [2.05, 4.69) is 63.5 Å². The van der Waals surface area contributed by atoms with Crippen molar-refractivity contribution in [2.75, 3.05) is 24.9 Å². The predicted molar refractivity (Wildman–Crippen MR) is 211 cm³/mol. The molecule has 4 aromatic heterocycles. The maximum Gasteiger partial charge on any atom is 0.184 e. The molecule has 276 valence electrons. The van der Waals surface area contributed by atoms with E-state index in [1.54, 1.807) is 39.0 Å². The van der Waals surface area contributed by atoms with E-state index in [1.165, 1.54) is 0 Å². The highest BCUT2D eigenvalue weighted by Gasteiger charge is 2.37. The molecule has 0 aliphatic heterocycles. The Morgan fingerprint density at radius 3 is 1.80 bits per heavy atom. The van der Waals surface area contributed by atoms with E-state index in [0.717, 1.165) is 80.6 Å². The molecule has 8 rings (SSSR count). The number of carbonyl (C=O) groups excluding carboxylic acids is 2. The van der Waals surface area contributed by atoms with Gasteiger partial charge >= 0.3 is 0 Å². The summed E-state index contributed by atoms with van der Waals surface area (Å²) in [5.74, 6) is 1.53. The van der Waals surface area contributed by atoms with Gasteiger partial charge in [-0.3, -0.25) is 14.6 Å². The highest BCUT2D eigenvalue weighted by atomic mass is 16.5. The van der Waals surface area contributed by atoms with Gasteiger partial charge in [0.2, 0.25) is 0 Å². The summed E-state index contributed by atoms with van der Waals surface area (Å²) in [6, 6.07) is 21.3. The fourth-order valence-corrected chi connectivity index (χ4v) is 7.54. The van der Waals surface area contributed by atoms with Crippen molar-refractivity contribution in [2.24, 2.45) is 10.8 Å². The van der Waals surface area contributed by atoms with E-state index in [0.29, 0.717) is 24.3 Å². The zero-order chi connectivity index (χ0) is 38.0. The Hall–Kier alpha value is -6.23. The smallest absolute Gasteiger partial charge is 0.184 e. The SMILES string of the molecule is CC1(C)CC(=O)c2c([nH]c(-c3ccnnc3)c2Nc2ccccc2)C1.COc1cccc(Nc2c(-c3ccncc3)[nH]c3c2C(=O)CC(C)(C)C3)c1OC. The van der Waals surface area contributed by atoms with E-state index in [1.807, 2.05) is 66.7 Å². The number of Topliss-reactive ketones (excluding diaryl/α,β-unsaturated/α-hetero) is 2. The number of aromatic nitrogens is 5. The number of para-hydroxylation sites is 2. The number of fused-ring (bicyclic) bond motifs is 2. The summed E-state index contributed by atoms with van der Waals surface area (Å²) in [6.45, 7) is 8.51. The lowest BCUT2D eigenvalue weighted by Crippen LogP contribution is -2.26. The number of benzene rings is 2. The first kappa shape index (κ1) is 36.1. The number of ketones is 2. The molecule has 0 atom stereocenters. The summed E-state index contributed by atoms with van der Waals surface area (Å²) < 4.78 is 11.0. The zero-order valence-corrected chi connectivity index (χ0v) is 31.5. The van der Waals surface area contributed by atoms with Gasteiger partial charge < -0.3 is 30.1 Å². The van der Waals surface area contributed by atoms with Gasteiger partial charge in [0, 0.05) is 53.4 Å². The van der Waals surface area contributed by atoms with Gasteiger partial charge in [-0.25, -0.2) is 0 Å². The van der Waals surface area contributed by atoms with Crippen molar-refractivity contribution in [3.8, 4) is 34.0 Å². The van der Waals surface area contributed by atoms with Crippen LogP contribution >= 0.6 is 0 Å². The molecule has 0 saturated carbocycles. The van der Waals surface area contributed by atoms with Crippen molar-refractivity contribution in [3.63, 3.8) is 0 Å². The topological polar surface area (TPSA) is 147 Å². The van der Waals surface area contributed by atoms with Gasteiger partial charge in [0.1, 0.15) is 0 Å². The molecule has 0 unspecified atom stereocenters. The van der Waals surface area contributed by atoms with Gasteiger partial charge in [-0.05, 0) is 66.1 Å². The average molecular weight is 724 g/mol. The molecule has 2 aliphatic rings. The molecule has 0 spiro atoms. The third kappa shape index (κ3) is 7.34. The second-order valence-electron chi connectivity index (χ2n) is 15.4. The van der Waals surface area contributed by atoms with Gasteiger partial charge in [0.05, 0.1) is 66.2 Å². The number of nitrogens with zero attached hydrogens (tertiary/aromatic N) is 3. The number of hydrogen-bond acceptors (Lipinski definition) is 9. The minimum absolute atomic E-state index is 0.0350. The Morgan fingerprint density at radius 2 is 1.22 bits per heavy atom. The number of hydrogen-bond donors (Lipinski definition) is 4. The summed E-state index contributed by atoms with van der Waals surface area (Å²) in [7, 11) is 3.21. The minimum Gasteiger partial charge on any atom is -0.493 e. The van der Waals surface area contributed by atoms with Crippen LogP contribution in [0, 0.1) is 10.8 Å². The molecule has 6 aromatic rings. The number of ether oxygens (including phenoxy) is 2. The van der Waals surface area contributed by atoms with Crippen LogP contribution in [0.3, 0.4) is 0 Å². The molecule has 2 aliphatic carbocycles. The third-order valence-corrected chi connectivity index (χ3v) is 9.85. The predicted octanol–water partition coefficient (Wildman–Crippen LogP) is 9.36. The first-order valence-electron chi connectivity index (χ1n) is 18.0. The van der Waals surface area contributed by atoms with Crippen LogP contribution in [0.1, 0.15) is 72.6 Å². The number of nitrogens with one attached hydrogen (secondary N) is 4. The molecule has 2 aromatic carbocycles. The van der Waals surface area contributed by atoms with Crippen molar-refractivity contribution in [1.29, 1.82) is 0 Å². The first-order valence-corrected chi connectivity index (χ1v) is 18.0. The van der Waals surface area contributed by atoms with E-state index < -0.39 is 0 Å². The van der Waals surface area contributed by atoms with Crippen molar-refractivity contribution < 1.29 is 19.1 Å². The van der Waals surface area contributed by atoms with Crippen LogP contribution in [-0.4, -0.2) is 50.9 Å². The maximum absolute atomic E-state index is 13.1. The Bertz CT molecular complexity index is 2300. The van der Waals surface area contributed by atoms with Gasteiger partial charge in [-0.2, -0.15) is 10.2 Å². The summed E-state index contributed by atoms with van der Waals surface area (Å²) in [4.78, 5) is 37.1. The second kappa shape index (κ2) is 14.7. The van der Waals surface area contributed by atoms with Crippen LogP contribution in [0.2, 0.25) is 0 Å². The summed E-state index contributed by atoms with van der Waals surface area (Å²) in [5, 5.41) is 14.7. The van der Waals surface area contributed by atoms with E-state index in [9.17, 15) is 9.59 Å². The lowest BCUT2D eigenvalue weighted by molar-refractivity contribution is 0.0903.